The Hall–Kier alpha value is -3.99. The molecule has 1 aliphatic heterocycles. The molecule has 0 aliphatic carbocycles. The van der Waals surface area contributed by atoms with Gasteiger partial charge in [0, 0.05) is 40.3 Å². The van der Waals surface area contributed by atoms with Crippen molar-refractivity contribution < 1.29 is 19.0 Å². The highest BCUT2D eigenvalue weighted by Crippen LogP contribution is 2.40. The van der Waals surface area contributed by atoms with Crippen LogP contribution in [0.25, 0.3) is 17.0 Å². The highest BCUT2D eigenvalue weighted by Gasteiger charge is 2.30. The van der Waals surface area contributed by atoms with E-state index in [1.54, 1.807) is 13.2 Å². The van der Waals surface area contributed by atoms with Crippen molar-refractivity contribution in [3.05, 3.63) is 94.9 Å². The number of hydrogen-bond acceptors (Lipinski definition) is 4. The molecule has 0 saturated carbocycles. The van der Waals surface area contributed by atoms with E-state index in [9.17, 15) is 4.79 Å². The van der Waals surface area contributed by atoms with Gasteiger partial charge in [-0.15, -0.1) is 0 Å². The average Bonchev–Trinajstić information content (AvgIpc) is 3.37. The number of fused-ring (bicyclic) bond motifs is 2. The average molecular weight is 440 g/mol. The second-order valence-electron chi connectivity index (χ2n) is 7.99. The maximum atomic E-state index is 13.1. The van der Waals surface area contributed by atoms with Gasteiger partial charge >= 0.3 is 0 Å². The van der Waals surface area contributed by atoms with Gasteiger partial charge in [0.25, 0.3) is 0 Å². The summed E-state index contributed by atoms with van der Waals surface area (Å²) >= 11 is 0. The first kappa shape index (κ1) is 20.9. The van der Waals surface area contributed by atoms with E-state index >= 15 is 0 Å². The van der Waals surface area contributed by atoms with E-state index in [1.165, 1.54) is 0 Å². The molecule has 2 heterocycles. The van der Waals surface area contributed by atoms with E-state index in [2.05, 4.69) is 29.8 Å². The Bertz CT molecular complexity index is 1400. The van der Waals surface area contributed by atoms with Gasteiger partial charge in [-0.2, -0.15) is 0 Å². The molecule has 5 rings (SSSR count). The lowest BCUT2D eigenvalue weighted by atomic mass is 10.1. The van der Waals surface area contributed by atoms with Crippen molar-refractivity contribution in [1.29, 1.82) is 0 Å². The van der Waals surface area contributed by atoms with Gasteiger partial charge in [0.05, 0.1) is 12.7 Å². The number of ketones is 1. The van der Waals surface area contributed by atoms with Crippen molar-refractivity contribution in [1.82, 2.24) is 4.57 Å². The first-order valence-corrected chi connectivity index (χ1v) is 11.0. The molecule has 0 saturated heterocycles. The van der Waals surface area contributed by atoms with Gasteiger partial charge in [0.2, 0.25) is 5.78 Å². The molecule has 166 valence electrons. The maximum absolute atomic E-state index is 13.1. The first-order valence-electron chi connectivity index (χ1n) is 11.0. The SMILES string of the molecule is CCn1cc(C=C2Oc3c(ccc(OCc4ccccc4OC)c3C)C2=O)c2ccccc21. The third-order valence-electron chi connectivity index (χ3n) is 6.06. The van der Waals surface area contributed by atoms with Crippen molar-refractivity contribution in [2.45, 2.75) is 27.0 Å². The Morgan fingerprint density at radius 3 is 2.61 bits per heavy atom. The third-order valence-corrected chi connectivity index (χ3v) is 6.06. The standard InChI is InChI=1S/C28H25NO4/c1-4-29-16-20(21-10-6-7-11-23(21)29)15-26-27(30)22-13-14-24(18(2)28(22)33-26)32-17-19-9-5-8-12-25(19)31-3/h5-16H,4,17H2,1-3H3. The van der Waals surface area contributed by atoms with E-state index in [-0.39, 0.29) is 5.78 Å². The molecular weight excluding hydrogens is 414 g/mol. The smallest absolute Gasteiger partial charge is 0.231 e. The summed E-state index contributed by atoms with van der Waals surface area (Å²) in [5, 5.41) is 1.09. The van der Waals surface area contributed by atoms with Gasteiger partial charge < -0.3 is 18.8 Å². The molecule has 1 aliphatic rings. The van der Waals surface area contributed by atoms with Crippen LogP contribution in [0.5, 0.6) is 17.2 Å². The zero-order valence-corrected chi connectivity index (χ0v) is 18.9. The van der Waals surface area contributed by atoms with Gasteiger partial charge in [-0.25, -0.2) is 0 Å². The number of rotatable bonds is 6. The summed E-state index contributed by atoms with van der Waals surface area (Å²) in [4.78, 5) is 13.1. The highest BCUT2D eigenvalue weighted by molar-refractivity contribution is 6.15. The van der Waals surface area contributed by atoms with Crippen LogP contribution in [0.1, 0.15) is 34.0 Å². The molecule has 4 aromatic rings. The summed E-state index contributed by atoms with van der Waals surface area (Å²) in [5.74, 6) is 2.23. The fourth-order valence-corrected chi connectivity index (χ4v) is 4.30. The molecular formula is C28H25NO4. The number of ether oxygens (including phenoxy) is 3. The fraction of sp³-hybridized carbons (Fsp3) is 0.179. The van der Waals surface area contributed by atoms with Crippen LogP contribution in [0, 0.1) is 6.92 Å². The number of carbonyl (C=O) groups excluding carboxylic acids is 1. The van der Waals surface area contributed by atoms with Crippen LogP contribution in [-0.4, -0.2) is 17.5 Å². The molecule has 5 heteroatoms. The van der Waals surface area contributed by atoms with Gasteiger partial charge in [-0.05, 0) is 44.2 Å². The lowest BCUT2D eigenvalue weighted by Gasteiger charge is -2.13. The number of aromatic nitrogens is 1. The second kappa shape index (κ2) is 8.51. The molecule has 3 aromatic carbocycles. The molecule has 0 radical (unpaired) electrons. The van der Waals surface area contributed by atoms with Gasteiger partial charge in [0.15, 0.2) is 5.76 Å². The van der Waals surface area contributed by atoms with Crippen molar-refractivity contribution >= 4 is 22.8 Å². The molecule has 5 nitrogen and oxygen atoms in total. The van der Waals surface area contributed by atoms with Crippen LogP contribution >= 0.6 is 0 Å². The molecule has 0 fully saturated rings. The topological polar surface area (TPSA) is 49.7 Å². The summed E-state index contributed by atoms with van der Waals surface area (Å²) < 4.78 is 19.7. The van der Waals surface area contributed by atoms with Crippen LogP contribution in [-0.2, 0) is 13.2 Å². The van der Waals surface area contributed by atoms with Crippen LogP contribution < -0.4 is 14.2 Å². The molecule has 0 atom stereocenters. The van der Waals surface area contributed by atoms with Crippen LogP contribution in [0.2, 0.25) is 0 Å². The normalized spacial score (nSPS) is 13.9. The van der Waals surface area contributed by atoms with E-state index in [4.69, 9.17) is 14.2 Å². The number of aryl methyl sites for hydroxylation is 1. The lowest BCUT2D eigenvalue weighted by molar-refractivity contribution is 0.101. The minimum Gasteiger partial charge on any atom is -0.496 e. The lowest BCUT2D eigenvalue weighted by Crippen LogP contribution is -2.00. The van der Waals surface area contributed by atoms with Gasteiger partial charge in [-0.1, -0.05) is 36.4 Å². The fourth-order valence-electron chi connectivity index (χ4n) is 4.30. The van der Waals surface area contributed by atoms with Crippen molar-refractivity contribution in [2.75, 3.05) is 7.11 Å². The number of para-hydroxylation sites is 2. The summed E-state index contributed by atoms with van der Waals surface area (Å²) in [6.45, 7) is 5.23. The van der Waals surface area contributed by atoms with Crippen LogP contribution in [0.4, 0.5) is 0 Å². The van der Waals surface area contributed by atoms with Crippen molar-refractivity contribution in [3.8, 4) is 17.2 Å². The number of carbonyl (C=O) groups is 1. The molecule has 0 bridgehead atoms. The van der Waals surface area contributed by atoms with Gasteiger partial charge in [0.1, 0.15) is 23.9 Å². The zero-order valence-electron chi connectivity index (χ0n) is 18.9. The number of nitrogens with zero attached hydrogens (tertiary/aromatic N) is 1. The zero-order chi connectivity index (χ0) is 22.9. The van der Waals surface area contributed by atoms with E-state index in [0.717, 1.165) is 39.9 Å². The number of hydrogen-bond donors (Lipinski definition) is 0. The third kappa shape index (κ3) is 3.65. The largest absolute Gasteiger partial charge is 0.496 e. The molecule has 33 heavy (non-hydrogen) atoms. The summed E-state index contributed by atoms with van der Waals surface area (Å²) in [6.07, 6.45) is 3.90. The second-order valence-corrected chi connectivity index (χ2v) is 7.99. The minimum atomic E-state index is -0.113. The maximum Gasteiger partial charge on any atom is 0.231 e. The van der Waals surface area contributed by atoms with E-state index in [0.29, 0.717) is 29.4 Å². The Balaban J connectivity index is 1.44. The first-order chi connectivity index (χ1) is 16.1. The summed E-state index contributed by atoms with van der Waals surface area (Å²) in [6, 6.07) is 19.5. The highest BCUT2D eigenvalue weighted by atomic mass is 16.5. The van der Waals surface area contributed by atoms with E-state index < -0.39 is 0 Å². The Morgan fingerprint density at radius 1 is 1.00 bits per heavy atom. The van der Waals surface area contributed by atoms with Crippen LogP contribution in [0.3, 0.4) is 0 Å². The quantitative estimate of drug-likeness (QED) is 0.337. The number of allylic oxidation sites excluding steroid dienone is 1. The Labute approximate surface area is 192 Å². The monoisotopic (exact) mass is 439 g/mol. The van der Waals surface area contributed by atoms with Crippen LogP contribution in [0.15, 0.2) is 72.6 Å². The molecule has 0 amide bonds. The summed E-state index contributed by atoms with van der Waals surface area (Å²) in [7, 11) is 1.64. The Morgan fingerprint density at radius 2 is 1.79 bits per heavy atom. The molecule has 0 N–H and O–H groups in total. The molecule has 1 aromatic heterocycles. The van der Waals surface area contributed by atoms with Crippen molar-refractivity contribution in [3.63, 3.8) is 0 Å². The number of benzene rings is 3. The van der Waals surface area contributed by atoms with Gasteiger partial charge in [-0.3, -0.25) is 4.79 Å². The van der Waals surface area contributed by atoms with E-state index in [1.807, 2.05) is 55.5 Å². The Kier molecular flexibility index (Phi) is 5.38. The minimum absolute atomic E-state index is 0.113. The predicted octanol–water partition coefficient (Wildman–Crippen LogP) is 6.17. The summed E-state index contributed by atoms with van der Waals surface area (Å²) in [5.41, 5.74) is 4.41. The number of methoxy groups -OCH3 is 1. The predicted molar refractivity (Wildman–Crippen MR) is 129 cm³/mol. The molecule has 0 unspecified atom stereocenters. The molecule has 0 spiro atoms. The number of Topliss-reactive ketones (excluding diaryl/α,β-unsaturated/α-hetero) is 1. The van der Waals surface area contributed by atoms with Crippen molar-refractivity contribution in [2.24, 2.45) is 0 Å².